The molecule has 0 fully saturated rings. The summed E-state index contributed by atoms with van der Waals surface area (Å²) in [7, 11) is 0. The number of rotatable bonds is 4. The van der Waals surface area contributed by atoms with Gasteiger partial charge in [0.25, 0.3) is 5.91 Å². The molecule has 3 rings (SSSR count). The van der Waals surface area contributed by atoms with Crippen molar-refractivity contribution in [2.45, 2.75) is 6.92 Å². The first-order valence-corrected chi connectivity index (χ1v) is 7.87. The summed E-state index contributed by atoms with van der Waals surface area (Å²) < 4.78 is 5.97. The molecule has 0 saturated carbocycles. The molecule has 116 valence electrons. The number of aryl methyl sites for hydroxylation is 1. The van der Waals surface area contributed by atoms with Crippen molar-refractivity contribution < 1.29 is 14.3 Å². The molecule has 0 atom stereocenters. The summed E-state index contributed by atoms with van der Waals surface area (Å²) in [6.07, 6.45) is 0. The van der Waals surface area contributed by atoms with Gasteiger partial charge in [-0.2, -0.15) is 0 Å². The lowest BCUT2D eigenvalue weighted by Crippen LogP contribution is -2.21. The number of anilines is 1. The Morgan fingerprint density at radius 1 is 1.22 bits per heavy atom. The van der Waals surface area contributed by atoms with Gasteiger partial charge in [0.1, 0.15) is 0 Å². The molecule has 0 spiro atoms. The molecule has 2 aromatic carbocycles. The van der Waals surface area contributed by atoms with Crippen LogP contribution in [0.25, 0.3) is 10.2 Å². The predicted molar refractivity (Wildman–Crippen MR) is 89.7 cm³/mol. The van der Waals surface area contributed by atoms with Gasteiger partial charge in [0.15, 0.2) is 6.61 Å². The number of benzene rings is 2. The smallest absolute Gasteiger partial charge is 0.338 e. The quantitative estimate of drug-likeness (QED) is 0.746. The summed E-state index contributed by atoms with van der Waals surface area (Å²) in [5, 5.41) is 2.72. The minimum absolute atomic E-state index is 0.326. The van der Waals surface area contributed by atoms with Crippen LogP contribution in [0.4, 0.5) is 5.69 Å². The summed E-state index contributed by atoms with van der Waals surface area (Å²) in [6.45, 7) is 1.57. The lowest BCUT2D eigenvalue weighted by Gasteiger charge is -2.08. The first-order chi connectivity index (χ1) is 11.1. The summed E-state index contributed by atoms with van der Waals surface area (Å²) in [5.74, 6) is -0.897. The normalized spacial score (nSPS) is 10.5. The van der Waals surface area contributed by atoms with Crippen LogP contribution in [0.3, 0.4) is 0 Å². The van der Waals surface area contributed by atoms with E-state index in [0.717, 1.165) is 15.8 Å². The molecule has 0 radical (unpaired) electrons. The second kappa shape index (κ2) is 6.58. The number of thiazole rings is 1. The molecule has 0 aliphatic carbocycles. The number of nitrogens with zero attached hydrogens (tertiary/aromatic N) is 1. The molecule has 1 aromatic heterocycles. The van der Waals surface area contributed by atoms with Crippen LogP contribution < -0.4 is 5.32 Å². The van der Waals surface area contributed by atoms with Crippen LogP contribution in [0.1, 0.15) is 15.9 Å². The average molecular weight is 326 g/mol. The fourth-order valence-corrected chi connectivity index (χ4v) is 2.81. The molecular weight excluding hydrogens is 312 g/mol. The van der Waals surface area contributed by atoms with Crippen LogP contribution in [0.5, 0.6) is 0 Å². The lowest BCUT2D eigenvalue weighted by atomic mass is 10.2. The van der Waals surface area contributed by atoms with Crippen LogP contribution >= 0.6 is 11.3 Å². The zero-order valence-electron chi connectivity index (χ0n) is 12.4. The Hall–Kier alpha value is -2.73. The number of aromatic nitrogens is 1. The molecule has 23 heavy (non-hydrogen) atoms. The van der Waals surface area contributed by atoms with Crippen molar-refractivity contribution in [3.8, 4) is 0 Å². The van der Waals surface area contributed by atoms with E-state index in [9.17, 15) is 9.59 Å². The first kappa shape index (κ1) is 15.2. The number of amides is 1. The maximum Gasteiger partial charge on any atom is 0.338 e. The summed E-state index contributed by atoms with van der Waals surface area (Å²) in [5.41, 5.74) is 4.62. The summed E-state index contributed by atoms with van der Waals surface area (Å²) in [4.78, 5) is 28.0. The number of ether oxygens (including phenoxy) is 1. The highest BCUT2D eigenvalue weighted by molar-refractivity contribution is 7.16. The van der Waals surface area contributed by atoms with Gasteiger partial charge in [-0.05, 0) is 36.8 Å². The number of nitrogens with one attached hydrogen (secondary N) is 1. The van der Waals surface area contributed by atoms with Gasteiger partial charge in [0, 0.05) is 5.69 Å². The maximum absolute atomic E-state index is 12.0. The van der Waals surface area contributed by atoms with Gasteiger partial charge < -0.3 is 10.1 Å². The Kier molecular flexibility index (Phi) is 4.34. The second-order valence-corrected chi connectivity index (χ2v) is 5.86. The summed E-state index contributed by atoms with van der Waals surface area (Å²) >= 11 is 1.45. The van der Waals surface area contributed by atoms with Crippen LogP contribution in [0.2, 0.25) is 0 Å². The Balaban J connectivity index is 1.60. The monoisotopic (exact) mass is 326 g/mol. The molecule has 3 aromatic rings. The topological polar surface area (TPSA) is 68.3 Å². The first-order valence-electron chi connectivity index (χ1n) is 6.99. The van der Waals surface area contributed by atoms with Crippen molar-refractivity contribution >= 4 is 39.1 Å². The van der Waals surface area contributed by atoms with Crippen LogP contribution in [0, 0.1) is 6.92 Å². The van der Waals surface area contributed by atoms with E-state index < -0.39 is 5.97 Å². The number of fused-ring (bicyclic) bond motifs is 1. The van der Waals surface area contributed by atoms with E-state index in [-0.39, 0.29) is 12.5 Å². The average Bonchev–Trinajstić information content (AvgIpc) is 3.02. The fraction of sp³-hybridized carbons (Fsp3) is 0.118. The van der Waals surface area contributed by atoms with Crippen LogP contribution in [-0.4, -0.2) is 23.5 Å². The van der Waals surface area contributed by atoms with Crippen molar-refractivity contribution in [3.63, 3.8) is 0 Å². The molecule has 0 saturated heterocycles. The highest BCUT2D eigenvalue weighted by atomic mass is 32.1. The Morgan fingerprint density at radius 3 is 2.87 bits per heavy atom. The molecule has 1 N–H and O–H groups in total. The van der Waals surface area contributed by atoms with Gasteiger partial charge in [0.05, 0.1) is 21.3 Å². The van der Waals surface area contributed by atoms with E-state index in [1.54, 1.807) is 29.8 Å². The third kappa shape index (κ3) is 3.54. The zero-order chi connectivity index (χ0) is 16.2. The minimum Gasteiger partial charge on any atom is -0.452 e. The van der Waals surface area contributed by atoms with E-state index in [4.69, 9.17) is 4.74 Å². The molecule has 1 amide bonds. The molecule has 0 aliphatic heterocycles. The van der Waals surface area contributed by atoms with E-state index >= 15 is 0 Å². The van der Waals surface area contributed by atoms with Gasteiger partial charge in [-0.25, -0.2) is 9.78 Å². The van der Waals surface area contributed by atoms with Crippen molar-refractivity contribution in [1.29, 1.82) is 0 Å². The maximum atomic E-state index is 12.0. The minimum atomic E-state index is -0.528. The SMILES string of the molecule is Cc1ccccc1NC(=O)COC(=O)c1ccc2ncsc2c1. The summed E-state index contributed by atoms with van der Waals surface area (Å²) in [6, 6.07) is 12.5. The number of para-hydroxylation sites is 1. The number of hydrogen-bond acceptors (Lipinski definition) is 5. The third-order valence-electron chi connectivity index (χ3n) is 3.32. The van der Waals surface area contributed by atoms with Gasteiger partial charge in [-0.1, -0.05) is 18.2 Å². The van der Waals surface area contributed by atoms with Crippen LogP contribution in [0.15, 0.2) is 48.0 Å². The Bertz CT molecular complexity index is 873. The molecule has 5 nitrogen and oxygen atoms in total. The molecule has 1 heterocycles. The number of esters is 1. The molecule has 0 unspecified atom stereocenters. The molecule has 6 heteroatoms. The lowest BCUT2D eigenvalue weighted by molar-refractivity contribution is -0.119. The molecule has 0 bridgehead atoms. The van der Waals surface area contributed by atoms with Gasteiger partial charge in [-0.15, -0.1) is 11.3 Å². The van der Waals surface area contributed by atoms with Crippen molar-refractivity contribution in [2.75, 3.05) is 11.9 Å². The molecular formula is C17H14N2O3S. The highest BCUT2D eigenvalue weighted by Crippen LogP contribution is 2.19. The van der Waals surface area contributed by atoms with E-state index in [1.807, 2.05) is 25.1 Å². The Labute approximate surface area is 136 Å². The Morgan fingerprint density at radius 2 is 2.04 bits per heavy atom. The number of carbonyl (C=O) groups excluding carboxylic acids is 2. The zero-order valence-corrected chi connectivity index (χ0v) is 13.2. The predicted octanol–water partition coefficient (Wildman–Crippen LogP) is 3.40. The number of hydrogen-bond donors (Lipinski definition) is 1. The largest absolute Gasteiger partial charge is 0.452 e. The van der Waals surface area contributed by atoms with Crippen molar-refractivity contribution in [2.24, 2.45) is 0 Å². The van der Waals surface area contributed by atoms with E-state index in [0.29, 0.717) is 11.3 Å². The van der Waals surface area contributed by atoms with Crippen molar-refractivity contribution in [3.05, 3.63) is 59.1 Å². The van der Waals surface area contributed by atoms with E-state index in [2.05, 4.69) is 10.3 Å². The van der Waals surface area contributed by atoms with Crippen molar-refractivity contribution in [1.82, 2.24) is 4.98 Å². The fourth-order valence-electron chi connectivity index (χ4n) is 2.10. The second-order valence-electron chi connectivity index (χ2n) is 4.97. The number of carbonyl (C=O) groups is 2. The van der Waals surface area contributed by atoms with Gasteiger partial charge in [0.2, 0.25) is 0 Å². The van der Waals surface area contributed by atoms with Crippen LogP contribution in [-0.2, 0) is 9.53 Å². The highest BCUT2D eigenvalue weighted by Gasteiger charge is 2.12. The molecule has 0 aliphatic rings. The third-order valence-corrected chi connectivity index (χ3v) is 4.11. The standard InChI is InChI=1S/C17H14N2O3S/c1-11-4-2-3-5-13(11)19-16(20)9-22-17(21)12-6-7-14-15(8-12)23-10-18-14/h2-8,10H,9H2,1H3,(H,19,20). The van der Waals surface area contributed by atoms with Gasteiger partial charge in [-0.3, -0.25) is 4.79 Å². The van der Waals surface area contributed by atoms with Gasteiger partial charge >= 0.3 is 5.97 Å². The van der Waals surface area contributed by atoms with E-state index in [1.165, 1.54) is 11.3 Å².